The van der Waals surface area contributed by atoms with Crippen molar-refractivity contribution in [2.45, 2.75) is 6.92 Å². The van der Waals surface area contributed by atoms with Crippen molar-refractivity contribution in [1.82, 2.24) is 4.57 Å². The van der Waals surface area contributed by atoms with E-state index in [0.29, 0.717) is 17.9 Å². The van der Waals surface area contributed by atoms with E-state index < -0.39 is 0 Å². The van der Waals surface area contributed by atoms with E-state index in [1.54, 1.807) is 49.6 Å². The summed E-state index contributed by atoms with van der Waals surface area (Å²) < 4.78 is 6.81. The van der Waals surface area contributed by atoms with Crippen LogP contribution in [0.2, 0.25) is 0 Å². The van der Waals surface area contributed by atoms with E-state index in [-0.39, 0.29) is 17.2 Å². The Morgan fingerprint density at radius 3 is 2.75 bits per heavy atom. The zero-order chi connectivity index (χ0) is 14.5. The van der Waals surface area contributed by atoms with Gasteiger partial charge in [-0.05, 0) is 31.2 Å². The molecule has 0 bridgehead atoms. The molecule has 0 fully saturated rings. The Labute approximate surface area is 116 Å². The molecule has 5 heteroatoms. The Bertz CT molecular complexity index is 677. The summed E-state index contributed by atoms with van der Waals surface area (Å²) in [5, 5.41) is 2.61. The predicted octanol–water partition coefficient (Wildman–Crippen LogP) is 2.04. The molecule has 1 aromatic heterocycles. The van der Waals surface area contributed by atoms with Crippen LogP contribution in [0.5, 0.6) is 5.75 Å². The van der Waals surface area contributed by atoms with Crippen LogP contribution in [0, 0.1) is 0 Å². The number of amides is 1. The van der Waals surface area contributed by atoms with E-state index >= 15 is 0 Å². The van der Waals surface area contributed by atoms with Gasteiger partial charge in [-0.25, -0.2) is 0 Å². The van der Waals surface area contributed by atoms with Crippen molar-refractivity contribution in [3.05, 3.63) is 58.5 Å². The fraction of sp³-hybridized carbons (Fsp3) is 0.200. The van der Waals surface area contributed by atoms with E-state index in [4.69, 9.17) is 4.74 Å². The molecule has 1 heterocycles. The number of nitrogens with one attached hydrogen (secondary N) is 1. The van der Waals surface area contributed by atoms with E-state index in [2.05, 4.69) is 5.32 Å². The molecule has 0 radical (unpaired) electrons. The highest BCUT2D eigenvalue weighted by Crippen LogP contribution is 2.18. The average molecular weight is 272 g/mol. The molecule has 0 atom stereocenters. The van der Waals surface area contributed by atoms with Gasteiger partial charge in [0, 0.05) is 13.2 Å². The molecule has 2 rings (SSSR count). The minimum absolute atomic E-state index is 0.242. The predicted molar refractivity (Wildman–Crippen MR) is 77.2 cm³/mol. The second kappa shape index (κ2) is 6.06. The Kier molecular flexibility index (Phi) is 4.20. The molecule has 0 unspecified atom stereocenters. The summed E-state index contributed by atoms with van der Waals surface area (Å²) in [5.74, 6) is 0.137. The van der Waals surface area contributed by atoms with E-state index in [1.807, 2.05) is 6.92 Å². The second-order valence-electron chi connectivity index (χ2n) is 4.22. The van der Waals surface area contributed by atoms with Crippen LogP contribution in [-0.2, 0) is 7.05 Å². The maximum absolute atomic E-state index is 12.2. The van der Waals surface area contributed by atoms with Gasteiger partial charge in [-0.15, -0.1) is 0 Å². The van der Waals surface area contributed by atoms with Crippen molar-refractivity contribution in [3.8, 4) is 5.75 Å². The zero-order valence-corrected chi connectivity index (χ0v) is 11.4. The number of ether oxygens (including phenoxy) is 1. The van der Waals surface area contributed by atoms with Crippen LogP contribution in [-0.4, -0.2) is 17.1 Å². The first-order valence-corrected chi connectivity index (χ1v) is 6.32. The lowest BCUT2D eigenvalue weighted by atomic mass is 10.2. The molecule has 0 spiro atoms. The Morgan fingerprint density at radius 2 is 2.00 bits per heavy atom. The zero-order valence-electron chi connectivity index (χ0n) is 11.4. The number of pyridine rings is 1. The number of hydrogen-bond acceptors (Lipinski definition) is 3. The average Bonchev–Trinajstić information content (AvgIpc) is 2.45. The van der Waals surface area contributed by atoms with Crippen LogP contribution in [0.3, 0.4) is 0 Å². The van der Waals surface area contributed by atoms with Gasteiger partial charge in [0.25, 0.3) is 11.5 Å². The van der Waals surface area contributed by atoms with Crippen LogP contribution < -0.4 is 15.6 Å². The molecule has 2 aromatic rings. The number of benzene rings is 1. The lowest BCUT2D eigenvalue weighted by molar-refractivity contribution is 0.102. The van der Waals surface area contributed by atoms with Crippen molar-refractivity contribution in [3.63, 3.8) is 0 Å². The first kappa shape index (κ1) is 13.9. The molecule has 1 N–H and O–H groups in total. The highest BCUT2D eigenvalue weighted by Gasteiger charge is 2.13. The third-order valence-corrected chi connectivity index (χ3v) is 2.80. The largest absolute Gasteiger partial charge is 0.493 e. The minimum atomic E-state index is -0.364. The summed E-state index contributed by atoms with van der Waals surface area (Å²) in [4.78, 5) is 24.1. The number of aromatic nitrogens is 1. The van der Waals surface area contributed by atoms with Crippen LogP contribution in [0.25, 0.3) is 0 Å². The number of para-hydroxylation sites is 1. The second-order valence-corrected chi connectivity index (χ2v) is 4.22. The summed E-state index contributed by atoms with van der Waals surface area (Å²) in [5.41, 5.74) is 0.390. The standard InChI is InChI=1S/C15H16N2O3/c1-3-20-13-9-5-4-7-11(13)14(18)16-12-8-6-10-17(2)15(12)19/h4-10H,3H2,1-2H3,(H,16,18). The van der Waals surface area contributed by atoms with Crippen molar-refractivity contribution < 1.29 is 9.53 Å². The minimum Gasteiger partial charge on any atom is -0.493 e. The highest BCUT2D eigenvalue weighted by atomic mass is 16.5. The Balaban J connectivity index is 2.29. The molecule has 1 amide bonds. The third-order valence-electron chi connectivity index (χ3n) is 2.80. The first-order valence-electron chi connectivity index (χ1n) is 6.32. The van der Waals surface area contributed by atoms with Gasteiger partial charge >= 0.3 is 0 Å². The van der Waals surface area contributed by atoms with Crippen molar-refractivity contribution in [2.75, 3.05) is 11.9 Å². The highest BCUT2D eigenvalue weighted by molar-refractivity contribution is 6.06. The van der Waals surface area contributed by atoms with Gasteiger partial charge in [-0.2, -0.15) is 0 Å². The summed E-state index contributed by atoms with van der Waals surface area (Å²) in [7, 11) is 1.63. The topological polar surface area (TPSA) is 60.3 Å². The molecule has 20 heavy (non-hydrogen) atoms. The number of hydrogen-bond donors (Lipinski definition) is 1. The molecule has 0 aliphatic carbocycles. The molecule has 0 aliphatic heterocycles. The van der Waals surface area contributed by atoms with Gasteiger partial charge in [0.15, 0.2) is 0 Å². The van der Waals surface area contributed by atoms with Gasteiger partial charge in [0.2, 0.25) is 0 Å². The number of nitrogens with zero attached hydrogens (tertiary/aromatic N) is 1. The number of carbonyl (C=O) groups is 1. The fourth-order valence-electron chi connectivity index (χ4n) is 1.82. The third kappa shape index (κ3) is 2.88. The van der Waals surface area contributed by atoms with Gasteiger partial charge in [0.1, 0.15) is 11.4 Å². The molecule has 0 saturated carbocycles. The fourth-order valence-corrected chi connectivity index (χ4v) is 1.82. The SMILES string of the molecule is CCOc1ccccc1C(=O)Nc1cccn(C)c1=O. The van der Waals surface area contributed by atoms with Crippen LogP contribution in [0.15, 0.2) is 47.4 Å². The van der Waals surface area contributed by atoms with Crippen LogP contribution in [0.1, 0.15) is 17.3 Å². The molecule has 1 aromatic carbocycles. The lowest BCUT2D eigenvalue weighted by Gasteiger charge is -2.10. The van der Waals surface area contributed by atoms with Crippen molar-refractivity contribution in [2.24, 2.45) is 7.05 Å². The molecule has 0 saturated heterocycles. The maximum Gasteiger partial charge on any atom is 0.274 e. The van der Waals surface area contributed by atoms with Gasteiger partial charge in [0.05, 0.1) is 12.2 Å². The van der Waals surface area contributed by atoms with Crippen molar-refractivity contribution >= 4 is 11.6 Å². The summed E-state index contributed by atoms with van der Waals surface area (Å²) in [6, 6.07) is 10.2. The smallest absolute Gasteiger partial charge is 0.274 e. The van der Waals surface area contributed by atoms with E-state index in [0.717, 1.165) is 0 Å². The molecule has 104 valence electrons. The molecular weight excluding hydrogens is 256 g/mol. The Hall–Kier alpha value is -2.56. The normalized spacial score (nSPS) is 10.1. The molecule has 0 aliphatic rings. The van der Waals surface area contributed by atoms with Crippen LogP contribution >= 0.6 is 0 Å². The summed E-state index contributed by atoms with van der Waals surface area (Å²) in [6.07, 6.45) is 1.63. The van der Waals surface area contributed by atoms with E-state index in [9.17, 15) is 9.59 Å². The number of rotatable bonds is 4. The van der Waals surface area contributed by atoms with Crippen molar-refractivity contribution in [1.29, 1.82) is 0 Å². The number of carbonyl (C=O) groups excluding carboxylic acids is 1. The van der Waals surface area contributed by atoms with E-state index in [1.165, 1.54) is 4.57 Å². The summed E-state index contributed by atoms with van der Waals surface area (Å²) in [6.45, 7) is 2.32. The lowest BCUT2D eigenvalue weighted by Crippen LogP contribution is -2.23. The van der Waals surface area contributed by atoms with Gasteiger partial charge in [-0.3, -0.25) is 9.59 Å². The molecule has 5 nitrogen and oxygen atoms in total. The number of anilines is 1. The number of aryl methyl sites for hydroxylation is 1. The Morgan fingerprint density at radius 1 is 1.25 bits per heavy atom. The first-order chi connectivity index (χ1) is 9.63. The van der Waals surface area contributed by atoms with Gasteiger partial charge in [-0.1, -0.05) is 12.1 Å². The molecular formula is C15H16N2O3. The summed E-state index contributed by atoms with van der Waals surface area (Å²) >= 11 is 0. The maximum atomic E-state index is 12.2. The van der Waals surface area contributed by atoms with Gasteiger partial charge < -0.3 is 14.6 Å². The quantitative estimate of drug-likeness (QED) is 0.926. The van der Waals surface area contributed by atoms with Crippen LogP contribution in [0.4, 0.5) is 5.69 Å². The monoisotopic (exact) mass is 272 g/mol.